The van der Waals surface area contributed by atoms with Crippen molar-refractivity contribution < 1.29 is 22.7 Å². The summed E-state index contributed by atoms with van der Waals surface area (Å²) >= 11 is 0. The minimum absolute atomic E-state index is 0.0301. The summed E-state index contributed by atoms with van der Waals surface area (Å²) in [4.78, 5) is 20.2. The quantitative estimate of drug-likeness (QED) is 0.731. The molecule has 172 valence electrons. The van der Waals surface area contributed by atoms with E-state index in [0.29, 0.717) is 18.2 Å². The Labute approximate surface area is 188 Å². The zero-order chi connectivity index (χ0) is 24.2. The molecule has 2 fully saturated rings. The number of nitrogens with two attached hydrogens (primary N) is 1. The van der Waals surface area contributed by atoms with Gasteiger partial charge in [0.15, 0.2) is 0 Å². The largest absolute Gasteiger partial charge is 0.476 e. The summed E-state index contributed by atoms with van der Waals surface area (Å²) in [5.41, 5.74) is 3.42. The maximum atomic E-state index is 13.5. The van der Waals surface area contributed by atoms with Crippen molar-refractivity contribution in [2.45, 2.75) is 43.9 Å². The van der Waals surface area contributed by atoms with E-state index >= 15 is 0 Å². The van der Waals surface area contributed by atoms with Gasteiger partial charge in [-0.05, 0) is 51.0 Å². The molecule has 2 heterocycles. The number of halogens is 3. The fourth-order valence-corrected chi connectivity index (χ4v) is 3.76. The summed E-state index contributed by atoms with van der Waals surface area (Å²) in [6.07, 6.45) is -1.44. The van der Waals surface area contributed by atoms with E-state index in [1.54, 1.807) is 30.9 Å². The second-order valence-electron chi connectivity index (χ2n) is 8.80. The molecule has 2 aliphatic rings. The molecule has 4 rings (SSSR count). The maximum absolute atomic E-state index is 13.5. The van der Waals surface area contributed by atoms with Crippen molar-refractivity contribution in [3.8, 4) is 11.9 Å². The van der Waals surface area contributed by atoms with Crippen molar-refractivity contribution in [2.75, 3.05) is 16.4 Å². The first-order valence-electron chi connectivity index (χ1n) is 10.2. The number of carbonyl (C=O) groups excluding carboxylic acids is 1. The number of benzene rings is 1. The topological polar surface area (TPSA) is 95.5 Å². The summed E-state index contributed by atoms with van der Waals surface area (Å²) in [6.45, 7) is 7.60. The fourth-order valence-electron chi connectivity index (χ4n) is 3.76. The van der Waals surface area contributed by atoms with E-state index in [2.05, 4.69) is 11.6 Å². The molecule has 0 unspecified atom stereocenters. The highest BCUT2D eigenvalue weighted by Gasteiger charge is 2.49. The van der Waals surface area contributed by atoms with Gasteiger partial charge in [0.2, 0.25) is 5.88 Å². The first-order chi connectivity index (χ1) is 15.4. The van der Waals surface area contributed by atoms with Crippen LogP contribution in [0.4, 0.5) is 24.5 Å². The standard InChI is InChI=1S/C23H22F3N5O2/c1-14-30(16-5-4-15(11-27)18(10-16)23(24,25)26)20(32)21(2,3)31(14)17-6-7-19(29-12-17)33-13-22(28)8-9-22/h4-7,10,12H,1,8-9,13,28H2,2-3H3. The van der Waals surface area contributed by atoms with E-state index in [4.69, 9.17) is 15.7 Å². The highest BCUT2D eigenvalue weighted by atomic mass is 19.4. The highest BCUT2D eigenvalue weighted by molar-refractivity contribution is 6.09. The summed E-state index contributed by atoms with van der Waals surface area (Å²) in [5.74, 6) is 0.0739. The molecule has 1 aromatic carbocycles. The maximum Gasteiger partial charge on any atom is 0.417 e. The minimum Gasteiger partial charge on any atom is -0.476 e. The lowest BCUT2D eigenvalue weighted by Gasteiger charge is -2.30. The Kier molecular flexibility index (Phi) is 5.13. The van der Waals surface area contributed by atoms with Gasteiger partial charge in [0.05, 0.1) is 40.3 Å². The van der Waals surface area contributed by atoms with Gasteiger partial charge in [0.25, 0.3) is 5.91 Å². The van der Waals surface area contributed by atoms with Gasteiger partial charge in [0.1, 0.15) is 18.0 Å². The molecular weight excluding hydrogens is 435 g/mol. The molecule has 1 aliphatic carbocycles. The van der Waals surface area contributed by atoms with Crippen molar-refractivity contribution in [1.82, 2.24) is 4.98 Å². The molecule has 1 aliphatic heterocycles. The van der Waals surface area contributed by atoms with Crippen LogP contribution in [0.15, 0.2) is 48.9 Å². The van der Waals surface area contributed by atoms with Gasteiger partial charge >= 0.3 is 6.18 Å². The highest BCUT2D eigenvalue weighted by Crippen LogP contribution is 2.42. The number of pyridine rings is 1. The van der Waals surface area contributed by atoms with E-state index in [-0.39, 0.29) is 17.0 Å². The Morgan fingerprint density at radius 3 is 2.45 bits per heavy atom. The second kappa shape index (κ2) is 7.49. The molecule has 33 heavy (non-hydrogen) atoms. The van der Waals surface area contributed by atoms with Crippen LogP contribution in [0.2, 0.25) is 0 Å². The van der Waals surface area contributed by atoms with Crippen LogP contribution in [-0.2, 0) is 11.0 Å². The molecule has 1 amide bonds. The van der Waals surface area contributed by atoms with E-state index in [0.717, 1.165) is 29.9 Å². The monoisotopic (exact) mass is 457 g/mol. The number of carbonyl (C=O) groups is 1. The summed E-state index contributed by atoms with van der Waals surface area (Å²) in [6, 6.07) is 8.01. The van der Waals surface area contributed by atoms with Crippen LogP contribution < -0.4 is 20.3 Å². The third kappa shape index (κ3) is 4.00. The number of nitrogens with zero attached hydrogens (tertiary/aromatic N) is 4. The lowest BCUT2D eigenvalue weighted by molar-refractivity contribution is -0.137. The van der Waals surface area contributed by atoms with Crippen LogP contribution >= 0.6 is 0 Å². The van der Waals surface area contributed by atoms with Crippen LogP contribution in [-0.4, -0.2) is 28.6 Å². The lowest BCUT2D eigenvalue weighted by Crippen LogP contribution is -2.43. The number of ether oxygens (including phenoxy) is 1. The van der Waals surface area contributed by atoms with Crippen molar-refractivity contribution in [3.63, 3.8) is 0 Å². The van der Waals surface area contributed by atoms with E-state index in [1.165, 1.54) is 18.3 Å². The Morgan fingerprint density at radius 1 is 1.24 bits per heavy atom. The van der Waals surface area contributed by atoms with Crippen LogP contribution in [0, 0.1) is 11.3 Å². The third-order valence-electron chi connectivity index (χ3n) is 5.87. The van der Waals surface area contributed by atoms with E-state index in [9.17, 15) is 18.0 Å². The Bertz CT molecular complexity index is 1160. The third-order valence-corrected chi connectivity index (χ3v) is 5.87. The number of hydrogen-bond donors (Lipinski definition) is 1. The van der Waals surface area contributed by atoms with Gasteiger partial charge in [-0.25, -0.2) is 4.98 Å². The molecule has 0 spiro atoms. The molecule has 0 radical (unpaired) electrons. The van der Waals surface area contributed by atoms with Crippen molar-refractivity contribution in [3.05, 3.63) is 60.1 Å². The molecule has 2 N–H and O–H groups in total. The summed E-state index contributed by atoms with van der Waals surface area (Å²) in [7, 11) is 0. The van der Waals surface area contributed by atoms with Crippen LogP contribution in [0.1, 0.15) is 37.8 Å². The molecular formula is C23H22F3N5O2. The molecule has 7 nitrogen and oxygen atoms in total. The number of amides is 1. The zero-order valence-electron chi connectivity index (χ0n) is 18.1. The van der Waals surface area contributed by atoms with E-state index < -0.39 is 28.7 Å². The molecule has 2 aromatic rings. The minimum atomic E-state index is -4.75. The van der Waals surface area contributed by atoms with Crippen molar-refractivity contribution in [1.29, 1.82) is 5.26 Å². The van der Waals surface area contributed by atoms with Gasteiger partial charge in [0, 0.05) is 6.07 Å². The smallest absolute Gasteiger partial charge is 0.417 e. The number of hydrogen-bond acceptors (Lipinski definition) is 6. The van der Waals surface area contributed by atoms with Gasteiger partial charge in [-0.2, -0.15) is 18.4 Å². The van der Waals surface area contributed by atoms with Crippen LogP contribution in [0.3, 0.4) is 0 Å². The first-order valence-corrected chi connectivity index (χ1v) is 10.2. The predicted octanol–water partition coefficient (Wildman–Crippen LogP) is 3.95. The summed E-state index contributed by atoms with van der Waals surface area (Å²) < 4.78 is 46.0. The molecule has 0 bridgehead atoms. The van der Waals surface area contributed by atoms with E-state index in [1.807, 2.05) is 0 Å². The zero-order valence-corrected chi connectivity index (χ0v) is 18.1. The Hall–Kier alpha value is -3.58. The number of rotatable bonds is 5. The van der Waals surface area contributed by atoms with Gasteiger partial charge in [-0.1, -0.05) is 6.58 Å². The van der Waals surface area contributed by atoms with Crippen molar-refractivity contribution >= 4 is 17.3 Å². The first kappa shape index (κ1) is 22.6. The van der Waals surface area contributed by atoms with Crippen LogP contribution in [0.25, 0.3) is 0 Å². The summed E-state index contributed by atoms with van der Waals surface area (Å²) in [5, 5.41) is 9.04. The van der Waals surface area contributed by atoms with Gasteiger partial charge in [-0.15, -0.1) is 0 Å². The molecule has 10 heteroatoms. The van der Waals surface area contributed by atoms with Gasteiger partial charge in [-0.3, -0.25) is 9.69 Å². The molecule has 1 saturated carbocycles. The SMILES string of the molecule is C=C1N(c2ccc(C#N)c(C(F)(F)F)c2)C(=O)C(C)(C)N1c1ccc(OCC2(N)CC2)nc1. The average Bonchev–Trinajstić information content (AvgIpc) is 3.46. The predicted molar refractivity (Wildman–Crippen MR) is 115 cm³/mol. The lowest BCUT2D eigenvalue weighted by atomic mass is 10.0. The van der Waals surface area contributed by atoms with Crippen LogP contribution in [0.5, 0.6) is 5.88 Å². The van der Waals surface area contributed by atoms with Crippen molar-refractivity contribution in [2.24, 2.45) is 5.73 Å². The Balaban J connectivity index is 1.64. The second-order valence-corrected chi connectivity index (χ2v) is 8.80. The molecule has 0 atom stereocenters. The molecule has 1 saturated heterocycles. The Morgan fingerprint density at radius 2 is 1.91 bits per heavy atom. The number of alkyl halides is 3. The number of anilines is 2. The molecule has 1 aromatic heterocycles. The average molecular weight is 457 g/mol. The number of aromatic nitrogens is 1. The number of nitriles is 1. The normalized spacial score (nSPS) is 18.9. The van der Waals surface area contributed by atoms with Gasteiger partial charge < -0.3 is 15.4 Å². The fraction of sp³-hybridized carbons (Fsp3) is 0.348.